The minimum atomic E-state index is -0.521. The molecule has 0 radical (unpaired) electrons. The molecule has 2 heterocycles. The number of nitro groups is 1. The quantitative estimate of drug-likeness (QED) is 0.489. The van der Waals surface area contributed by atoms with Crippen LogP contribution < -0.4 is 0 Å². The fraction of sp³-hybridized carbons (Fsp3) is 0. The molecule has 0 aliphatic heterocycles. The van der Waals surface area contributed by atoms with Gasteiger partial charge in [0.05, 0.1) is 15.9 Å². The van der Waals surface area contributed by atoms with E-state index in [1.165, 1.54) is 6.08 Å². The van der Waals surface area contributed by atoms with Gasteiger partial charge in [-0.3, -0.25) is 10.1 Å². The third-order valence-electron chi connectivity index (χ3n) is 1.83. The van der Waals surface area contributed by atoms with Crippen molar-refractivity contribution in [1.29, 1.82) is 0 Å². The molecule has 2 aromatic rings. The maximum Gasteiger partial charge on any atom is 0.314 e. The van der Waals surface area contributed by atoms with Gasteiger partial charge in [-0.05, 0) is 23.6 Å². The van der Waals surface area contributed by atoms with Crippen molar-refractivity contribution in [2.75, 3.05) is 0 Å². The van der Waals surface area contributed by atoms with Crippen LogP contribution in [0.4, 0.5) is 0 Å². The molecular weight excluding hydrogens is 294 g/mol. The summed E-state index contributed by atoms with van der Waals surface area (Å²) in [6, 6.07) is 7.34. The Morgan fingerprint density at radius 2 is 2.31 bits per heavy atom. The monoisotopic (exact) mass is 299 g/mol. The van der Waals surface area contributed by atoms with Gasteiger partial charge in [0.15, 0.2) is 0 Å². The first-order chi connectivity index (χ1) is 7.66. The smallest absolute Gasteiger partial charge is 0.314 e. The third-order valence-corrected chi connectivity index (χ3v) is 3.23. The van der Waals surface area contributed by atoms with E-state index in [-0.39, 0.29) is 4.61 Å². The molecule has 0 atom stereocenters. The molecule has 2 rings (SSSR count). The Kier molecular flexibility index (Phi) is 3.21. The Labute approximate surface area is 103 Å². The molecule has 0 aliphatic rings. The van der Waals surface area contributed by atoms with Gasteiger partial charge in [0.25, 0.3) is 0 Å². The predicted molar refractivity (Wildman–Crippen MR) is 65.9 cm³/mol. The number of hydrogen-bond acceptors (Lipinski definition) is 4. The topological polar surface area (TPSA) is 56.3 Å². The zero-order chi connectivity index (χ0) is 11.5. The molecule has 0 bridgehead atoms. The Bertz CT molecular complexity index is 530. The van der Waals surface area contributed by atoms with Crippen LogP contribution in [0.1, 0.15) is 5.76 Å². The molecule has 4 nitrogen and oxygen atoms in total. The summed E-state index contributed by atoms with van der Waals surface area (Å²) in [6.07, 6.45) is 1.33. The van der Waals surface area contributed by atoms with Crippen LogP contribution in [0.3, 0.4) is 0 Å². The van der Waals surface area contributed by atoms with Gasteiger partial charge in [-0.15, -0.1) is 11.3 Å². The second kappa shape index (κ2) is 4.63. The van der Waals surface area contributed by atoms with E-state index in [0.717, 1.165) is 4.88 Å². The van der Waals surface area contributed by atoms with Crippen LogP contribution in [0.5, 0.6) is 0 Å². The molecule has 0 unspecified atom stereocenters. The van der Waals surface area contributed by atoms with Crippen LogP contribution in [-0.4, -0.2) is 4.92 Å². The Morgan fingerprint density at radius 1 is 1.50 bits per heavy atom. The summed E-state index contributed by atoms with van der Waals surface area (Å²) in [5, 5.41) is 12.3. The SMILES string of the molecule is O=[N+]([O-])/C(Br)=C/c1ccc(-c2cccs2)o1. The van der Waals surface area contributed by atoms with E-state index < -0.39 is 4.92 Å². The largest absolute Gasteiger partial charge is 0.456 e. The number of furan rings is 1. The van der Waals surface area contributed by atoms with E-state index in [2.05, 4.69) is 15.9 Å². The second-order valence-corrected chi connectivity index (χ2v) is 4.66. The van der Waals surface area contributed by atoms with E-state index in [9.17, 15) is 10.1 Å². The van der Waals surface area contributed by atoms with Crippen LogP contribution in [-0.2, 0) is 0 Å². The van der Waals surface area contributed by atoms with Crippen LogP contribution in [0.25, 0.3) is 16.7 Å². The van der Waals surface area contributed by atoms with E-state index in [0.29, 0.717) is 11.5 Å². The molecule has 16 heavy (non-hydrogen) atoms. The molecule has 0 aliphatic carbocycles. The van der Waals surface area contributed by atoms with Crippen LogP contribution in [0.2, 0.25) is 0 Å². The van der Waals surface area contributed by atoms with Crippen molar-refractivity contribution < 1.29 is 9.34 Å². The lowest BCUT2D eigenvalue weighted by atomic mass is 10.3. The zero-order valence-electron chi connectivity index (χ0n) is 7.92. The molecule has 82 valence electrons. The van der Waals surface area contributed by atoms with Crippen molar-refractivity contribution in [3.8, 4) is 10.6 Å². The standard InChI is InChI=1S/C10H6BrNO3S/c11-10(12(13)14)6-7-3-4-8(15-7)9-2-1-5-16-9/h1-6H/b10-6+. The first-order valence-corrected chi connectivity index (χ1v) is 5.99. The van der Waals surface area contributed by atoms with Gasteiger partial charge < -0.3 is 4.42 Å². The zero-order valence-corrected chi connectivity index (χ0v) is 10.3. The van der Waals surface area contributed by atoms with Crippen LogP contribution in [0, 0.1) is 10.1 Å². The first kappa shape index (κ1) is 11.1. The molecular formula is C10H6BrNO3S. The fourth-order valence-electron chi connectivity index (χ4n) is 1.15. The summed E-state index contributed by atoms with van der Waals surface area (Å²) < 4.78 is 5.32. The molecule has 0 saturated heterocycles. The molecule has 6 heteroatoms. The normalized spacial score (nSPS) is 11.7. The van der Waals surface area contributed by atoms with Crippen molar-refractivity contribution in [2.45, 2.75) is 0 Å². The highest BCUT2D eigenvalue weighted by Gasteiger charge is 2.08. The molecule has 0 fully saturated rings. The highest BCUT2D eigenvalue weighted by molar-refractivity contribution is 9.11. The van der Waals surface area contributed by atoms with Gasteiger partial charge in [0, 0.05) is 15.9 Å². The van der Waals surface area contributed by atoms with Gasteiger partial charge in [-0.25, -0.2) is 0 Å². The molecule has 0 aromatic carbocycles. The maximum absolute atomic E-state index is 10.4. The molecule has 0 saturated carbocycles. The highest BCUT2D eigenvalue weighted by atomic mass is 79.9. The number of hydrogen-bond donors (Lipinski definition) is 0. The average molecular weight is 300 g/mol. The van der Waals surface area contributed by atoms with Gasteiger partial charge in [-0.2, -0.15) is 0 Å². The number of nitrogens with zero attached hydrogens (tertiary/aromatic N) is 1. The Balaban J connectivity index is 2.27. The van der Waals surface area contributed by atoms with Crippen LogP contribution in [0.15, 0.2) is 38.7 Å². The fourth-order valence-corrected chi connectivity index (χ4v) is 2.06. The lowest BCUT2D eigenvalue weighted by Crippen LogP contribution is -1.88. The van der Waals surface area contributed by atoms with E-state index in [1.807, 2.05) is 17.5 Å². The summed E-state index contributed by atoms with van der Waals surface area (Å²) in [6.45, 7) is 0. The molecule has 0 N–H and O–H groups in total. The summed E-state index contributed by atoms with van der Waals surface area (Å²) in [5.41, 5.74) is 0. The van der Waals surface area contributed by atoms with Gasteiger partial charge in [0.2, 0.25) is 0 Å². The highest BCUT2D eigenvalue weighted by Crippen LogP contribution is 2.27. The third kappa shape index (κ3) is 2.40. The summed E-state index contributed by atoms with van der Waals surface area (Å²) in [5.74, 6) is 1.16. The Morgan fingerprint density at radius 3 is 2.94 bits per heavy atom. The first-order valence-electron chi connectivity index (χ1n) is 4.32. The van der Waals surface area contributed by atoms with E-state index >= 15 is 0 Å². The lowest BCUT2D eigenvalue weighted by molar-refractivity contribution is -0.407. The van der Waals surface area contributed by atoms with Crippen molar-refractivity contribution in [3.63, 3.8) is 0 Å². The number of thiophene rings is 1. The van der Waals surface area contributed by atoms with E-state index in [1.54, 1.807) is 23.5 Å². The van der Waals surface area contributed by atoms with Gasteiger partial charge in [-0.1, -0.05) is 6.07 Å². The lowest BCUT2D eigenvalue weighted by Gasteiger charge is -1.89. The molecule has 2 aromatic heterocycles. The Hall–Kier alpha value is -1.40. The van der Waals surface area contributed by atoms with Crippen molar-refractivity contribution >= 4 is 33.3 Å². The summed E-state index contributed by atoms with van der Waals surface area (Å²) in [4.78, 5) is 10.9. The maximum atomic E-state index is 10.4. The summed E-state index contributed by atoms with van der Waals surface area (Å²) >= 11 is 4.40. The molecule has 0 spiro atoms. The van der Waals surface area contributed by atoms with Crippen molar-refractivity contribution in [1.82, 2.24) is 0 Å². The minimum Gasteiger partial charge on any atom is -0.456 e. The van der Waals surface area contributed by atoms with Gasteiger partial charge >= 0.3 is 4.61 Å². The van der Waals surface area contributed by atoms with Crippen LogP contribution >= 0.6 is 27.3 Å². The number of rotatable bonds is 3. The van der Waals surface area contributed by atoms with Crippen molar-refractivity contribution in [2.24, 2.45) is 0 Å². The van der Waals surface area contributed by atoms with Crippen molar-refractivity contribution in [3.05, 3.63) is 50.1 Å². The second-order valence-electron chi connectivity index (χ2n) is 2.90. The average Bonchev–Trinajstić information content (AvgIpc) is 2.85. The summed E-state index contributed by atoms with van der Waals surface area (Å²) in [7, 11) is 0. The predicted octanol–water partition coefficient (Wildman–Crippen LogP) is 3.98. The molecule has 0 amide bonds. The number of halogens is 1. The van der Waals surface area contributed by atoms with E-state index in [4.69, 9.17) is 4.42 Å². The minimum absolute atomic E-state index is 0.125. The van der Waals surface area contributed by atoms with Gasteiger partial charge in [0.1, 0.15) is 11.5 Å².